The zero-order valence-electron chi connectivity index (χ0n) is 10.8. The van der Waals surface area contributed by atoms with Crippen LogP contribution >= 0.6 is 0 Å². The van der Waals surface area contributed by atoms with Crippen LogP contribution in [0.5, 0.6) is 0 Å². The third-order valence-electron chi connectivity index (χ3n) is 3.98. The third kappa shape index (κ3) is 2.54. The second-order valence-corrected chi connectivity index (χ2v) is 7.26. The highest BCUT2D eigenvalue weighted by Crippen LogP contribution is 2.30. The van der Waals surface area contributed by atoms with E-state index in [-0.39, 0.29) is 5.25 Å². The van der Waals surface area contributed by atoms with Crippen molar-refractivity contribution in [3.8, 4) is 0 Å². The first-order valence-electron chi connectivity index (χ1n) is 6.66. The van der Waals surface area contributed by atoms with Crippen LogP contribution in [0.2, 0.25) is 0 Å². The lowest BCUT2D eigenvalue weighted by molar-refractivity contribution is -0.144. The van der Waals surface area contributed by atoms with Gasteiger partial charge < -0.3 is 4.74 Å². The largest absolute Gasteiger partial charge is 0.468 e. The maximum Gasteiger partial charge on any atom is 0.324 e. The number of sulfonamides is 1. The SMILES string of the molecule is COC(=O)C1CCCN1S(=O)(=O)C1CCCCC1. The summed E-state index contributed by atoms with van der Waals surface area (Å²) in [5.41, 5.74) is 0. The van der Waals surface area contributed by atoms with Crippen LogP contribution < -0.4 is 0 Å². The van der Waals surface area contributed by atoms with Gasteiger partial charge in [0.2, 0.25) is 10.0 Å². The summed E-state index contributed by atoms with van der Waals surface area (Å²) in [6.07, 6.45) is 5.84. The Hall–Kier alpha value is -0.620. The van der Waals surface area contributed by atoms with Crippen molar-refractivity contribution in [1.29, 1.82) is 0 Å². The van der Waals surface area contributed by atoms with E-state index in [0.717, 1.165) is 38.5 Å². The van der Waals surface area contributed by atoms with Gasteiger partial charge >= 0.3 is 5.97 Å². The molecule has 2 fully saturated rings. The van der Waals surface area contributed by atoms with Crippen molar-refractivity contribution in [2.45, 2.75) is 56.2 Å². The van der Waals surface area contributed by atoms with E-state index < -0.39 is 22.0 Å². The maximum absolute atomic E-state index is 12.5. The number of carbonyl (C=O) groups excluding carboxylic acids is 1. The summed E-state index contributed by atoms with van der Waals surface area (Å²) in [5, 5.41) is -0.295. The van der Waals surface area contributed by atoms with Gasteiger partial charge in [-0.3, -0.25) is 4.79 Å². The van der Waals surface area contributed by atoms with E-state index in [0.29, 0.717) is 13.0 Å². The van der Waals surface area contributed by atoms with Crippen LogP contribution in [0.25, 0.3) is 0 Å². The summed E-state index contributed by atoms with van der Waals surface area (Å²) in [7, 11) is -2.02. The normalized spacial score (nSPS) is 27.3. The first-order chi connectivity index (χ1) is 8.57. The second-order valence-electron chi connectivity index (χ2n) is 5.10. The number of rotatable bonds is 3. The quantitative estimate of drug-likeness (QED) is 0.728. The van der Waals surface area contributed by atoms with Crippen LogP contribution in [0.3, 0.4) is 0 Å². The van der Waals surface area contributed by atoms with Crippen molar-refractivity contribution < 1.29 is 17.9 Å². The molecule has 1 unspecified atom stereocenters. The Labute approximate surface area is 109 Å². The summed E-state index contributed by atoms with van der Waals surface area (Å²) >= 11 is 0. The molecule has 0 N–H and O–H groups in total. The molecule has 1 aliphatic carbocycles. The molecule has 1 aliphatic heterocycles. The average Bonchev–Trinajstić information content (AvgIpc) is 2.89. The number of ether oxygens (including phenoxy) is 1. The van der Waals surface area contributed by atoms with Gasteiger partial charge in [0.15, 0.2) is 0 Å². The molecule has 2 aliphatic rings. The minimum Gasteiger partial charge on any atom is -0.468 e. The molecule has 0 aromatic heterocycles. The van der Waals surface area contributed by atoms with Crippen molar-refractivity contribution in [2.75, 3.05) is 13.7 Å². The van der Waals surface area contributed by atoms with Gasteiger partial charge in [-0.25, -0.2) is 8.42 Å². The van der Waals surface area contributed by atoms with Gasteiger partial charge in [-0.1, -0.05) is 19.3 Å². The molecule has 6 heteroatoms. The number of hydrogen-bond donors (Lipinski definition) is 0. The highest BCUT2D eigenvalue weighted by molar-refractivity contribution is 7.89. The van der Waals surface area contributed by atoms with Gasteiger partial charge in [0.05, 0.1) is 12.4 Å². The molecular formula is C12H21NO4S. The van der Waals surface area contributed by atoms with E-state index in [2.05, 4.69) is 0 Å². The molecule has 0 aromatic rings. The molecular weight excluding hydrogens is 254 g/mol. The first-order valence-corrected chi connectivity index (χ1v) is 8.16. The molecule has 5 nitrogen and oxygen atoms in total. The molecule has 0 amide bonds. The monoisotopic (exact) mass is 275 g/mol. The zero-order valence-corrected chi connectivity index (χ0v) is 11.6. The molecule has 2 rings (SSSR count). The minimum atomic E-state index is -3.33. The summed E-state index contributed by atoms with van der Waals surface area (Å²) in [6.45, 7) is 0.457. The average molecular weight is 275 g/mol. The van der Waals surface area contributed by atoms with Crippen LogP contribution in [0.15, 0.2) is 0 Å². The summed E-state index contributed by atoms with van der Waals surface area (Å²) in [5.74, 6) is -0.424. The second kappa shape index (κ2) is 5.57. The molecule has 1 saturated carbocycles. The van der Waals surface area contributed by atoms with E-state index in [4.69, 9.17) is 4.74 Å². The van der Waals surface area contributed by atoms with Crippen LogP contribution in [0, 0.1) is 0 Å². The molecule has 1 saturated heterocycles. The zero-order chi connectivity index (χ0) is 13.2. The predicted molar refractivity (Wildman–Crippen MR) is 67.5 cm³/mol. The molecule has 0 bridgehead atoms. The summed E-state index contributed by atoms with van der Waals surface area (Å²) < 4.78 is 31.2. The van der Waals surface area contributed by atoms with Crippen molar-refractivity contribution in [1.82, 2.24) is 4.31 Å². The van der Waals surface area contributed by atoms with Gasteiger partial charge in [-0.05, 0) is 25.7 Å². The molecule has 104 valence electrons. The summed E-state index contributed by atoms with van der Waals surface area (Å²) in [6, 6.07) is -0.595. The number of carbonyl (C=O) groups is 1. The Morgan fingerprint density at radius 3 is 2.39 bits per heavy atom. The Morgan fingerprint density at radius 2 is 1.78 bits per heavy atom. The van der Waals surface area contributed by atoms with E-state index in [1.54, 1.807) is 0 Å². The van der Waals surface area contributed by atoms with Crippen LogP contribution in [0.4, 0.5) is 0 Å². The lowest BCUT2D eigenvalue weighted by Gasteiger charge is -2.29. The van der Waals surface area contributed by atoms with Crippen molar-refractivity contribution in [3.63, 3.8) is 0 Å². The Kier molecular flexibility index (Phi) is 4.27. The van der Waals surface area contributed by atoms with E-state index in [1.807, 2.05) is 0 Å². The Morgan fingerprint density at radius 1 is 1.11 bits per heavy atom. The van der Waals surface area contributed by atoms with E-state index >= 15 is 0 Å². The number of methoxy groups -OCH3 is 1. The fraction of sp³-hybridized carbons (Fsp3) is 0.917. The smallest absolute Gasteiger partial charge is 0.324 e. The van der Waals surface area contributed by atoms with Gasteiger partial charge in [0.25, 0.3) is 0 Å². The van der Waals surface area contributed by atoms with Crippen molar-refractivity contribution in [3.05, 3.63) is 0 Å². The third-order valence-corrected chi connectivity index (χ3v) is 6.38. The van der Waals surface area contributed by atoms with Crippen molar-refractivity contribution >= 4 is 16.0 Å². The number of esters is 1. The van der Waals surface area contributed by atoms with Crippen LogP contribution in [-0.4, -0.2) is 43.6 Å². The Balaban J connectivity index is 2.15. The fourth-order valence-electron chi connectivity index (χ4n) is 2.97. The fourth-order valence-corrected chi connectivity index (χ4v) is 5.21. The molecule has 0 aromatic carbocycles. The maximum atomic E-state index is 12.5. The first kappa shape index (κ1) is 13.8. The summed E-state index contributed by atoms with van der Waals surface area (Å²) in [4.78, 5) is 11.6. The highest BCUT2D eigenvalue weighted by atomic mass is 32.2. The molecule has 1 heterocycles. The highest BCUT2D eigenvalue weighted by Gasteiger charge is 2.42. The van der Waals surface area contributed by atoms with Crippen LogP contribution in [-0.2, 0) is 19.6 Å². The van der Waals surface area contributed by atoms with Gasteiger partial charge in [0, 0.05) is 6.54 Å². The molecule has 0 spiro atoms. The lowest BCUT2D eigenvalue weighted by atomic mass is 10.0. The van der Waals surface area contributed by atoms with E-state index in [9.17, 15) is 13.2 Å². The van der Waals surface area contributed by atoms with Crippen LogP contribution in [0.1, 0.15) is 44.9 Å². The lowest BCUT2D eigenvalue weighted by Crippen LogP contribution is -2.45. The minimum absolute atomic E-state index is 0.295. The molecule has 1 atom stereocenters. The predicted octanol–water partition coefficient (Wildman–Crippen LogP) is 1.29. The topological polar surface area (TPSA) is 63.7 Å². The van der Waals surface area contributed by atoms with Gasteiger partial charge in [-0.15, -0.1) is 0 Å². The standard InChI is InChI=1S/C12H21NO4S/c1-17-12(14)11-8-5-9-13(11)18(15,16)10-6-3-2-4-7-10/h10-11H,2-9H2,1H3. The van der Waals surface area contributed by atoms with Gasteiger partial charge in [0.1, 0.15) is 6.04 Å². The molecule has 18 heavy (non-hydrogen) atoms. The van der Waals surface area contributed by atoms with Gasteiger partial charge in [-0.2, -0.15) is 4.31 Å². The molecule has 0 radical (unpaired) electrons. The van der Waals surface area contributed by atoms with Crippen molar-refractivity contribution in [2.24, 2.45) is 0 Å². The number of nitrogens with zero attached hydrogens (tertiary/aromatic N) is 1. The Bertz CT molecular complexity index is 400. The number of hydrogen-bond acceptors (Lipinski definition) is 4. The van der Waals surface area contributed by atoms with E-state index in [1.165, 1.54) is 11.4 Å².